The van der Waals surface area contributed by atoms with E-state index in [-0.39, 0.29) is 34.9 Å². The molecular formula is C24H26N4O4. The summed E-state index contributed by atoms with van der Waals surface area (Å²) in [7, 11) is 0. The molecule has 4 amide bonds. The van der Waals surface area contributed by atoms with Crippen LogP contribution in [0.2, 0.25) is 0 Å². The molecule has 1 heterocycles. The highest BCUT2D eigenvalue weighted by Crippen LogP contribution is 2.32. The molecule has 32 heavy (non-hydrogen) atoms. The third-order valence-corrected chi connectivity index (χ3v) is 4.68. The number of amides is 4. The van der Waals surface area contributed by atoms with Crippen molar-refractivity contribution in [2.24, 2.45) is 5.92 Å². The first-order valence-electron chi connectivity index (χ1n) is 10.3. The van der Waals surface area contributed by atoms with Gasteiger partial charge in [-0.1, -0.05) is 26.0 Å². The lowest BCUT2D eigenvalue weighted by Crippen LogP contribution is -2.35. The summed E-state index contributed by atoms with van der Waals surface area (Å²) < 4.78 is 0. The SMILES string of the molecule is CC(=O)Nc1ccc(NC2=C(c3ccc(NC(C)=O)cc3)C(=O)N(CC(C)C)C2=O)cc1. The molecule has 0 aliphatic carbocycles. The lowest BCUT2D eigenvalue weighted by atomic mass is 10.0. The van der Waals surface area contributed by atoms with E-state index in [4.69, 9.17) is 0 Å². The summed E-state index contributed by atoms with van der Waals surface area (Å²) in [4.78, 5) is 50.1. The fraction of sp³-hybridized carbons (Fsp3) is 0.250. The monoisotopic (exact) mass is 434 g/mol. The topological polar surface area (TPSA) is 108 Å². The van der Waals surface area contributed by atoms with Crippen LogP contribution >= 0.6 is 0 Å². The van der Waals surface area contributed by atoms with Gasteiger partial charge >= 0.3 is 0 Å². The van der Waals surface area contributed by atoms with Crippen molar-refractivity contribution in [2.75, 3.05) is 22.5 Å². The van der Waals surface area contributed by atoms with E-state index in [9.17, 15) is 19.2 Å². The van der Waals surface area contributed by atoms with Crippen molar-refractivity contribution in [3.8, 4) is 0 Å². The summed E-state index contributed by atoms with van der Waals surface area (Å²) in [5.41, 5.74) is 2.86. The van der Waals surface area contributed by atoms with E-state index in [0.717, 1.165) is 0 Å². The average Bonchev–Trinajstić information content (AvgIpc) is 2.93. The van der Waals surface area contributed by atoms with Crippen LogP contribution in [-0.4, -0.2) is 35.1 Å². The molecule has 0 saturated heterocycles. The number of nitrogens with zero attached hydrogens (tertiary/aromatic N) is 1. The van der Waals surface area contributed by atoms with Crippen molar-refractivity contribution in [3.63, 3.8) is 0 Å². The molecule has 1 aliphatic heterocycles. The number of hydrogen-bond donors (Lipinski definition) is 3. The van der Waals surface area contributed by atoms with Gasteiger partial charge < -0.3 is 16.0 Å². The first-order chi connectivity index (χ1) is 15.2. The Morgan fingerprint density at radius 3 is 1.72 bits per heavy atom. The Kier molecular flexibility index (Phi) is 6.73. The van der Waals surface area contributed by atoms with Gasteiger partial charge in [0.25, 0.3) is 11.8 Å². The minimum Gasteiger partial charge on any atom is -0.350 e. The van der Waals surface area contributed by atoms with E-state index in [1.807, 2.05) is 13.8 Å². The van der Waals surface area contributed by atoms with Crippen molar-refractivity contribution in [3.05, 3.63) is 59.8 Å². The predicted octanol–water partition coefficient (Wildman–Crippen LogP) is 3.45. The van der Waals surface area contributed by atoms with Crippen LogP contribution in [0.1, 0.15) is 33.3 Å². The Morgan fingerprint density at radius 1 is 0.781 bits per heavy atom. The van der Waals surface area contributed by atoms with E-state index in [1.165, 1.54) is 18.7 Å². The van der Waals surface area contributed by atoms with Crippen LogP contribution in [0.15, 0.2) is 54.2 Å². The molecule has 166 valence electrons. The summed E-state index contributed by atoms with van der Waals surface area (Å²) >= 11 is 0. The highest BCUT2D eigenvalue weighted by Gasteiger charge is 2.39. The van der Waals surface area contributed by atoms with E-state index in [1.54, 1.807) is 48.5 Å². The number of rotatable bonds is 7. The highest BCUT2D eigenvalue weighted by atomic mass is 16.2. The molecule has 0 aromatic heterocycles. The van der Waals surface area contributed by atoms with Gasteiger partial charge in [-0.2, -0.15) is 0 Å². The molecule has 2 aromatic rings. The zero-order valence-electron chi connectivity index (χ0n) is 18.5. The molecule has 1 aliphatic rings. The third-order valence-electron chi connectivity index (χ3n) is 4.68. The molecule has 8 nitrogen and oxygen atoms in total. The summed E-state index contributed by atoms with van der Waals surface area (Å²) in [6.07, 6.45) is 0. The maximum absolute atomic E-state index is 13.2. The molecule has 0 unspecified atom stereocenters. The normalized spacial score (nSPS) is 13.6. The minimum atomic E-state index is -0.393. The lowest BCUT2D eigenvalue weighted by molar-refractivity contribution is -0.137. The second kappa shape index (κ2) is 9.47. The third kappa shape index (κ3) is 5.21. The van der Waals surface area contributed by atoms with Gasteiger partial charge in [0.15, 0.2) is 0 Å². The van der Waals surface area contributed by atoms with Gasteiger partial charge in [0.1, 0.15) is 5.70 Å². The van der Waals surface area contributed by atoms with Crippen molar-refractivity contribution in [1.29, 1.82) is 0 Å². The molecule has 0 bridgehead atoms. The Hall–Kier alpha value is -3.94. The van der Waals surface area contributed by atoms with Gasteiger partial charge in [-0.15, -0.1) is 0 Å². The molecule has 3 N–H and O–H groups in total. The van der Waals surface area contributed by atoms with Gasteiger partial charge in [0.05, 0.1) is 5.57 Å². The Labute approximate surface area is 186 Å². The first-order valence-corrected chi connectivity index (χ1v) is 10.3. The fourth-order valence-electron chi connectivity index (χ4n) is 3.40. The summed E-state index contributed by atoms with van der Waals surface area (Å²) in [5.74, 6) is -1.02. The second-order valence-corrected chi connectivity index (χ2v) is 8.01. The molecule has 2 aromatic carbocycles. The van der Waals surface area contributed by atoms with Gasteiger partial charge in [-0.3, -0.25) is 24.1 Å². The fourth-order valence-corrected chi connectivity index (χ4v) is 3.40. The maximum Gasteiger partial charge on any atom is 0.278 e. The molecule has 3 rings (SSSR count). The van der Waals surface area contributed by atoms with Crippen LogP contribution < -0.4 is 16.0 Å². The van der Waals surface area contributed by atoms with E-state index in [2.05, 4.69) is 16.0 Å². The number of hydrogen-bond acceptors (Lipinski definition) is 5. The van der Waals surface area contributed by atoms with Crippen LogP contribution in [0.25, 0.3) is 5.57 Å². The average molecular weight is 434 g/mol. The molecule has 8 heteroatoms. The van der Waals surface area contributed by atoms with Crippen LogP contribution in [0, 0.1) is 5.92 Å². The number of carbonyl (C=O) groups is 4. The van der Waals surface area contributed by atoms with Crippen LogP contribution in [0.4, 0.5) is 17.1 Å². The van der Waals surface area contributed by atoms with Crippen LogP contribution in [0.5, 0.6) is 0 Å². The Morgan fingerprint density at radius 2 is 1.25 bits per heavy atom. The molecule has 0 saturated carbocycles. The summed E-state index contributed by atoms with van der Waals surface area (Å²) in [5, 5.41) is 8.46. The zero-order valence-corrected chi connectivity index (χ0v) is 18.5. The Balaban J connectivity index is 1.97. The lowest BCUT2D eigenvalue weighted by Gasteiger charge is -2.17. The molecular weight excluding hydrogens is 408 g/mol. The van der Waals surface area contributed by atoms with Crippen molar-refractivity contribution in [1.82, 2.24) is 4.90 Å². The first kappa shape index (κ1) is 22.7. The number of carbonyl (C=O) groups excluding carboxylic acids is 4. The van der Waals surface area contributed by atoms with E-state index >= 15 is 0 Å². The summed E-state index contributed by atoms with van der Waals surface area (Å²) in [6.45, 7) is 7.02. The van der Waals surface area contributed by atoms with Crippen molar-refractivity contribution in [2.45, 2.75) is 27.7 Å². The largest absolute Gasteiger partial charge is 0.350 e. The van der Waals surface area contributed by atoms with Crippen molar-refractivity contribution >= 4 is 46.3 Å². The quantitative estimate of drug-likeness (QED) is 0.579. The zero-order chi connectivity index (χ0) is 23.4. The van der Waals surface area contributed by atoms with Gasteiger partial charge in [0.2, 0.25) is 11.8 Å². The van der Waals surface area contributed by atoms with Crippen molar-refractivity contribution < 1.29 is 19.2 Å². The maximum atomic E-state index is 13.2. The van der Waals surface area contributed by atoms with Crippen LogP contribution in [-0.2, 0) is 19.2 Å². The van der Waals surface area contributed by atoms with E-state index < -0.39 is 5.91 Å². The smallest absolute Gasteiger partial charge is 0.278 e. The van der Waals surface area contributed by atoms with Crippen LogP contribution in [0.3, 0.4) is 0 Å². The van der Waals surface area contributed by atoms with E-state index in [0.29, 0.717) is 29.2 Å². The van der Waals surface area contributed by atoms with Gasteiger partial charge in [-0.25, -0.2) is 0 Å². The molecule has 0 radical (unpaired) electrons. The molecule has 0 atom stereocenters. The minimum absolute atomic E-state index is 0.114. The number of benzene rings is 2. The predicted molar refractivity (Wildman–Crippen MR) is 124 cm³/mol. The number of nitrogens with one attached hydrogen (secondary N) is 3. The number of anilines is 3. The number of imide groups is 1. The molecule has 0 spiro atoms. The Bertz CT molecular complexity index is 1090. The van der Waals surface area contributed by atoms with Gasteiger partial charge in [-0.05, 0) is 47.9 Å². The van der Waals surface area contributed by atoms with Gasteiger partial charge in [0, 0.05) is 37.5 Å². The standard InChI is InChI=1S/C24H26N4O4/c1-14(2)13-28-23(31)21(17-5-7-18(8-6-17)25-15(3)29)22(24(28)32)27-20-11-9-19(10-12-20)26-16(4)30/h5-12,14,27H,13H2,1-4H3,(H,25,29)(H,26,30). The molecule has 0 fully saturated rings. The summed E-state index contributed by atoms with van der Waals surface area (Å²) in [6, 6.07) is 13.6. The second-order valence-electron chi connectivity index (χ2n) is 8.01. The highest BCUT2D eigenvalue weighted by molar-refractivity contribution is 6.36.